The number of nitro benzene ring substituents is 1. The summed E-state index contributed by atoms with van der Waals surface area (Å²) < 4.78 is 5.79. The minimum Gasteiger partial charge on any atom is -0.449 e. The normalized spacial score (nSPS) is 10.3. The first-order valence-corrected chi connectivity index (χ1v) is 6.71. The number of hydrogen-bond acceptors (Lipinski definition) is 4. The summed E-state index contributed by atoms with van der Waals surface area (Å²) in [6.45, 7) is 3.70. The van der Waals surface area contributed by atoms with Crippen LogP contribution >= 0.6 is 11.6 Å². The van der Waals surface area contributed by atoms with Gasteiger partial charge in [-0.15, -0.1) is 0 Å². The van der Waals surface area contributed by atoms with E-state index >= 15 is 0 Å². The average Bonchev–Trinajstić information content (AvgIpc) is 2.42. The van der Waals surface area contributed by atoms with Gasteiger partial charge in [0.05, 0.1) is 4.92 Å². The average molecular weight is 307 g/mol. The van der Waals surface area contributed by atoms with Crippen molar-refractivity contribution in [3.05, 3.63) is 56.6 Å². The maximum atomic E-state index is 11.3. The van der Waals surface area contributed by atoms with Gasteiger partial charge < -0.3 is 10.1 Å². The summed E-state index contributed by atoms with van der Waals surface area (Å²) in [5, 5.41) is 14.7. The van der Waals surface area contributed by atoms with Crippen molar-refractivity contribution in [1.29, 1.82) is 0 Å². The molecule has 6 heteroatoms. The van der Waals surface area contributed by atoms with Crippen LogP contribution in [0.2, 0.25) is 5.02 Å². The van der Waals surface area contributed by atoms with E-state index < -0.39 is 4.92 Å². The zero-order valence-electron chi connectivity index (χ0n) is 11.9. The predicted octanol–water partition coefficient (Wildman–Crippen LogP) is 4.70. The maximum absolute atomic E-state index is 11.3. The quantitative estimate of drug-likeness (QED) is 0.657. The van der Waals surface area contributed by atoms with Gasteiger partial charge >= 0.3 is 5.69 Å². The van der Waals surface area contributed by atoms with Crippen LogP contribution in [0.1, 0.15) is 11.1 Å². The smallest absolute Gasteiger partial charge is 0.334 e. The standard InChI is InChI=1S/C15H15ClN2O3/c1-9-7-11(16)8-10(2)15(9)21-13-6-4-5-12(17-3)14(13)18(19)20/h4-8,17H,1-3H3. The van der Waals surface area contributed by atoms with E-state index in [0.29, 0.717) is 16.5 Å². The molecule has 0 saturated carbocycles. The highest BCUT2D eigenvalue weighted by atomic mass is 35.5. The van der Waals surface area contributed by atoms with Crippen molar-refractivity contribution in [3.63, 3.8) is 0 Å². The molecule has 0 aliphatic rings. The molecule has 2 rings (SSSR count). The van der Waals surface area contributed by atoms with Gasteiger partial charge in [0, 0.05) is 12.1 Å². The van der Waals surface area contributed by atoms with Crippen molar-refractivity contribution in [1.82, 2.24) is 0 Å². The Morgan fingerprint density at radius 3 is 2.38 bits per heavy atom. The predicted molar refractivity (Wildman–Crippen MR) is 83.6 cm³/mol. The topological polar surface area (TPSA) is 64.4 Å². The third-order valence-corrected chi connectivity index (χ3v) is 3.31. The molecule has 0 fully saturated rings. The molecule has 110 valence electrons. The van der Waals surface area contributed by atoms with Crippen molar-refractivity contribution in [2.45, 2.75) is 13.8 Å². The first kappa shape index (κ1) is 15.1. The van der Waals surface area contributed by atoms with E-state index in [9.17, 15) is 10.1 Å². The number of nitro groups is 1. The fraction of sp³-hybridized carbons (Fsp3) is 0.200. The van der Waals surface area contributed by atoms with Crippen LogP contribution in [0.3, 0.4) is 0 Å². The molecule has 21 heavy (non-hydrogen) atoms. The zero-order valence-corrected chi connectivity index (χ0v) is 12.7. The van der Waals surface area contributed by atoms with Crippen LogP contribution in [-0.2, 0) is 0 Å². The van der Waals surface area contributed by atoms with Crippen LogP contribution < -0.4 is 10.1 Å². The Labute approximate surface area is 127 Å². The van der Waals surface area contributed by atoms with E-state index in [4.69, 9.17) is 16.3 Å². The number of halogens is 1. The van der Waals surface area contributed by atoms with Crippen molar-refractivity contribution in [3.8, 4) is 11.5 Å². The summed E-state index contributed by atoms with van der Waals surface area (Å²) in [5.74, 6) is 0.774. The minimum atomic E-state index is -0.457. The molecule has 2 aromatic carbocycles. The molecule has 0 bridgehead atoms. The van der Waals surface area contributed by atoms with Crippen molar-refractivity contribution >= 4 is 23.0 Å². The van der Waals surface area contributed by atoms with Gasteiger partial charge in [0.15, 0.2) is 0 Å². The lowest BCUT2D eigenvalue weighted by molar-refractivity contribution is -0.384. The van der Waals surface area contributed by atoms with E-state index in [1.54, 1.807) is 37.4 Å². The monoisotopic (exact) mass is 306 g/mol. The van der Waals surface area contributed by atoms with Crippen LogP contribution in [0.25, 0.3) is 0 Å². The molecular weight excluding hydrogens is 292 g/mol. The second-order valence-corrected chi connectivity index (χ2v) is 5.07. The summed E-state index contributed by atoms with van der Waals surface area (Å²) in [7, 11) is 1.63. The van der Waals surface area contributed by atoms with E-state index in [1.807, 2.05) is 13.8 Å². The van der Waals surface area contributed by atoms with E-state index in [2.05, 4.69) is 5.32 Å². The molecule has 0 radical (unpaired) electrons. The first-order valence-electron chi connectivity index (χ1n) is 6.33. The van der Waals surface area contributed by atoms with Crippen LogP contribution in [0.15, 0.2) is 30.3 Å². The second-order valence-electron chi connectivity index (χ2n) is 4.63. The van der Waals surface area contributed by atoms with Gasteiger partial charge in [0.1, 0.15) is 11.4 Å². The Balaban J connectivity index is 2.52. The summed E-state index contributed by atoms with van der Waals surface area (Å²) in [6.07, 6.45) is 0. The summed E-state index contributed by atoms with van der Waals surface area (Å²) in [4.78, 5) is 10.8. The highest BCUT2D eigenvalue weighted by Crippen LogP contribution is 2.39. The SMILES string of the molecule is CNc1cccc(Oc2c(C)cc(Cl)cc2C)c1[N+](=O)[O-]. The van der Waals surface area contributed by atoms with Crippen LogP contribution in [-0.4, -0.2) is 12.0 Å². The van der Waals surface area contributed by atoms with Crippen LogP contribution in [0, 0.1) is 24.0 Å². The molecule has 0 amide bonds. The summed E-state index contributed by atoms with van der Waals surface area (Å²) in [5.41, 5.74) is 1.96. The molecular formula is C15H15ClN2O3. The van der Waals surface area contributed by atoms with Gasteiger partial charge in [-0.2, -0.15) is 0 Å². The summed E-state index contributed by atoms with van der Waals surface area (Å²) in [6, 6.07) is 8.43. The van der Waals surface area contributed by atoms with Crippen LogP contribution in [0.4, 0.5) is 11.4 Å². The molecule has 2 aromatic rings. The molecule has 0 aromatic heterocycles. The Kier molecular flexibility index (Phi) is 4.33. The van der Waals surface area contributed by atoms with E-state index in [-0.39, 0.29) is 11.4 Å². The number of hydrogen-bond donors (Lipinski definition) is 1. The van der Waals surface area contributed by atoms with Gasteiger partial charge in [0.2, 0.25) is 5.75 Å². The molecule has 0 spiro atoms. The molecule has 0 heterocycles. The fourth-order valence-corrected chi connectivity index (χ4v) is 2.49. The van der Waals surface area contributed by atoms with Crippen molar-refractivity contribution < 1.29 is 9.66 Å². The maximum Gasteiger partial charge on any atom is 0.334 e. The number of ether oxygens (including phenoxy) is 1. The highest BCUT2D eigenvalue weighted by molar-refractivity contribution is 6.30. The van der Waals surface area contributed by atoms with Gasteiger partial charge in [-0.05, 0) is 49.2 Å². The number of rotatable bonds is 4. The Bertz CT molecular complexity index is 678. The molecule has 0 saturated heterocycles. The lowest BCUT2D eigenvalue weighted by atomic mass is 10.1. The molecule has 1 N–H and O–H groups in total. The second kappa shape index (κ2) is 6.01. The number of nitrogens with zero attached hydrogens (tertiary/aromatic N) is 1. The number of benzene rings is 2. The molecule has 0 aliphatic heterocycles. The molecule has 0 atom stereocenters. The van der Waals surface area contributed by atoms with Gasteiger partial charge in [-0.1, -0.05) is 17.7 Å². The molecule has 0 aliphatic carbocycles. The van der Waals surface area contributed by atoms with Crippen molar-refractivity contribution in [2.24, 2.45) is 0 Å². The first-order chi connectivity index (χ1) is 9.93. The van der Waals surface area contributed by atoms with Gasteiger partial charge in [-0.3, -0.25) is 10.1 Å². The third kappa shape index (κ3) is 3.08. The van der Waals surface area contributed by atoms with Gasteiger partial charge in [-0.25, -0.2) is 0 Å². The minimum absolute atomic E-state index is 0.0891. The molecule has 5 nitrogen and oxygen atoms in total. The van der Waals surface area contributed by atoms with Crippen molar-refractivity contribution in [2.75, 3.05) is 12.4 Å². The lowest BCUT2D eigenvalue weighted by Crippen LogP contribution is -2.00. The Morgan fingerprint density at radius 2 is 1.86 bits per heavy atom. The number of aryl methyl sites for hydroxylation is 2. The highest BCUT2D eigenvalue weighted by Gasteiger charge is 2.21. The lowest BCUT2D eigenvalue weighted by Gasteiger charge is -2.13. The zero-order chi connectivity index (χ0) is 15.6. The van der Waals surface area contributed by atoms with Crippen LogP contribution in [0.5, 0.6) is 11.5 Å². The number of anilines is 1. The van der Waals surface area contributed by atoms with E-state index in [1.165, 1.54) is 0 Å². The fourth-order valence-electron chi connectivity index (χ4n) is 2.16. The largest absolute Gasteiger partial charge is 0.449 e. The Morgan fingerprint density at radius 1 is 1.24 bits per heavy atom. The molecule has 0 unspecified atom stereocenters. The van der Waals surface area contributed by atoms with Gasteiger partial charge in [0.25, 0.3) is 0 Å². The summed E-state index contributed by atoms with van der Waals surface area (Å²) >= 11 is 5.98. The van der Waals surface area contributed by atoms with E-state index in [0.717, 1.165) is 11.1 Å². The third-order valence-electron chi connectivity index (χ3n) is 3.09. The Hall–Kier alpha value is -2.27. The number of nitrogens with one attached hydrogen (secondary N) is 1. The number of para-hydroxylation sites is 1.